The van der Waals surface area contributed by atoms with E-state index < -0.39 is 17.9 Å². The number of esters is 1. The zero-order chi connectivity index (χ0) is 20.1. The van der Waals surface area contributed by atoms with Gasteiger partial charge in [0.15, 0.2) is 17.7 Å². The van der Waals surface area contributed by atoms with Crippen molar-refractivity contribution in [3.63, 3.8) is 0 Å². The van der Waals surface area contributed by atoms with Crippen LogP contribution in [-0.4, -0.2) is 23.3 Å². The van der Waals surface area contributed by atoms with Crippen LogP contribution in [0.5, 0.6) is 5.75 Å². The van der Waals surface area contributed by atoms with Gasteiger partial charge in [0.25, 0.3) is 5.89 Å². The number of aryl methyl sites for hydroxylation is 1. The van der Waals surface area contributed by atoms with Crippen LogP contribution in [0.25, 0.3) is 17.5 Å². The van der Waals surface area contributed by atoms with Gasteiger partial charge in [0.1, 0.15) is 0 Å². The van der Waals surface area contributed by atoms with E-state index >= 15 is 0 Å². The molecule has 0 aliphatic heterocycles. The molecule has 7 heteroatoms. The van der Waals surface area contributed by atoms with E-state index in [0.29, 0.717) is 11.5 Å². The predicted molar refractivity (Wildman–Crippen MR) is 101 cm³/mol. The second-order valence-electron chi connectivity index (χ2n) is 6.12. The molecule has 0 aliphatic rings. The van der Waals surface area contributed by atoms with E-state index in [9.17, 15) is 9.18 Å². The van der Waals surface area contributed by atoms with Gasteiger partial charge in [-0.3, -0.25) is 0 Å². The summed E-state index contributed by atoms with van der Waals surface area (Å²) in [5, 5.41) is 7.92. The molecule has 1 heterocycles. The molecule has 6 nitrogen and oxygen atoms in total. The van der Waals surface area contributed by atoms with E-state index in [1.54, 1.807) is 13.0 Å². The lowest BCUT2D eigenvalue weighted by Gasteiger charge is -2.07. The number of benzene rings is 2. The Bertz CT molecular complexity index is 996. The van der Waals surface area contributed by atoms with E-state index in [2.05, 4.69) is 10.2 Å². The van der Waals surface area contributed by atoms with Crippen LogP contribution in [0.3, 0.4) is 0 Å². The van der Waals surface area contributed by atoms with Crippen molar-refractivity contribution in [2.24, 2.45) is 0 Å². The lowest BCUT2D eigenvalue weighted by molar-refractivity contribution is -0.143. The molecule has 28 heavy (non-hydrogen) atoms. The number of rotatable bonds is 6. The third-order valence-electron chi connectivity index (χ3n) is 3.97. The van der Waals surface area contributed by atoms with Crippen molar-refractivity contribution < 1.29 is 23.1 Å². The quantitative estimate of drug-likeness (QED) is 0.461. The molecule has 0 unspecified atom stereocenters. The molecule has 0 aliphatic carbocycles. The molecule has 0 N–H and O–H groups in total. The largest absolute Gasteiger partial charge is 0.494 e. The topological polar surface area (TPSA) is 74.5 Å². The van der Waals surface area contributed by atoms with Gasteiger partial charge in [0.05, 0.1) is 7.11 Å². The molecule has 3 aromatic rings. The zero-order valence-electron chi connectivity index (χ0n) is 15.7. The fourth-order valence-electron chi connectivity index (χ4n) is 2.43. The van der Waals surface area contributed by atoms with Crippen LogP contribution < -0.4 is 4.74 Å². The maximum atomic E-state index is 13.7. The molecule has 1 atom stereocenters. The average Bonchev–Trinajstić information content (AvgIpc) is 3.17. The minimum absolute atomic E-state index is 0.133. The van der Waals surface area contributed by atoms with Crippen LogP contribution in [0.4, 0.5) is 4.39 Å². The molecule has 0 saturated carbocycles. The number of carbonyl (C=O) groups excluding carboxylic acids is 1. The van der Waals surface area contributed by atoms with E-state index in [0.717, 1.165) is 11.1 Å². The second kappa shape index (κ2) is 8.47. The summed E-state index contributed by atoms with van der Waals surface area (Å²) in [4.78, 5) is 12.0. The molecule has 144 valence electrons. The smallest absolute Gasteiger partial charge is 0.331 e. The van der Waals surface area contributed by atoms with Gasteiger partial charge in [-0.1, -0.05) is 23.8 Å². The Kier molecular flexibility index (Phi) is 5.84. The summed E-state index contributed by atoms with van der Waals surface area (Å²) < 4.78 is 29.4. The molecule has 2 aromatic carbocycles. The Labute approximate surface area is 161 Å². The van der Waals surface area contributed by atoms with Crippen molar-refractivity contribution in [1.82, 2.24) is 10.2 Å². The summed E-state index contributed by atoms with van der Waals surface area (Å²) in [6.45, 7) is 3.61. The van der Waals surface area contributed by atoms with Crippen molar-refractivity contribution in [1.29, 1.82) is 0 Å². The van der Waals surface area contributed by atoms with Gasteiger partial charge in [0.2, 0.25) is 5.89 Å². The van der Waals surface area contributed by atoms with Gasteiger partial charge < -0.3 is 13.9 Å². The maximum Gasteiger partial charge on any atom is 0.331 e. The molecule has 0 spiro atoms. The zero-order valence-corrected chi connectivity index (χ0v) is 15.7. The molecule has 0 fully saturated rings. The standard InChI is InChI=1S/C21H19FN2O4/c1-13-4-8-16(9-5-13)21-24-23-20(28-21)14(2)27-19(25)11-7-15-6-10-18(26-3)17(22)12-15/h4-12,14H,1-3H3/b11-7+/t14-/m0/s1. The summed E-state index contributed by atoms with van der Waals surface area (Å²) in [5.74, 6) is -0.455. The Morgan fingerprint density at radius 1 is 1.18 bits per heavy atom. The third kappa shape index (κ3) is 4.62. The Morgan fingerprint density at radius 3 is 2.61 bits per heavy atom. The number of aromatic nitrogens is 2. The summed E-state index contributed by atoms with van der Waals surface area (Å²) >= 11 is 0. The van der Waals surface area contributed by atoms with Gasteiger partial charge in [-0.05, 0) is 49.8 Å². The number of carbonyl (C=O) groups is 1. The first-order chi connectivity index (χ1) is 13.5. The van der Waals surface area contributed by atoms with Crippen LogP contribution in [0.15, 0.2) is 53.0 Å². The van der Waals surface area contributed by atoms with E-state index in [4.69, 9.17) is 13.9 Å². The lowest BCUT2D eigenvalue weighted by Crippen LogP contribution is -2.06. The predicted octanol–water partition coefficient (Wildman–Crippen LogP) is 4.51. The van der Waals surface area contributed by atoms with Crippen LogP contribution >= 0.6 is 0 Å². The first kappa shape index (κ1) is 19.3. The SMILES string of the molecule is COc1ccc(/C=C/C(=O)O[C@@H](C)c2nnc(-c3ccc(C)cc3)o2)cc1F. The summed E-state index contributed by atoms with van der Waals surface area (Å²) in [5.41, 5.74) is 2.40. The number of nitrogens with zero attached hydrogens (tertiary/aromatic N) is 2. The lowest BCUT2D eigenvalue weighted by atomic mass is 10.1. The summed E-state index contributed by atoms with van der Waals surface area (Å²) in [6.07, 6.45) is 1.93. The number of halogens is 1. The highest BCUT2D eigenvalue weighted by Crippen LogP contribution is 2.23. The Hall–Kier alpha value is -3.48. The Balaban J connectivity index is 1.62. The molecular formula is C21H19FN2O4. The third-order valence-corrected chi connectivity index (χ3v) is 3.97. The number of hydrogen-bond donors (Lipinski definition) is 0. The van der Waals surface area contributed by atoms with Gasteiger partial charge in [0, 0.05) is 11.6 Å². The fourth-order valence-corrected chi connectivity index (χ4v) is 2.43. The molecule has 3 rings (SSSR count). The molecule has 0 radical (unpaired) electrons. The Morgan fingerprint density at radius 2 is 1.93 bits per heavy atom. The normalized spacial score (nSPS) is 12.1. The molecule has 0 amide bonds. The summed E-state index contributed by atoms with van der Waals surface area (Å²) in [7, 11) is 1.38. The van der Waals surface area contributed by atoms with Crippen LogP contribution in [0.1, 0.15) is 30.0 Å². The van der Waals surface area contributed by atoms with Crippen LogP contribution in [0, 0.1) is 12.7 Å². The molecule has 1 aromatic heterocycles. The maximum absolute atomic E-state index is 13.7. The van der Waals surface area contributed by atoms with Gasteiger partial charge in [-0.15, -0.1) is 10.2 Å². The minimum Gasteiger partial charge on any atom is -0.494 e. The van der Waals surface area contributed by atoms with Crippen LogP contribution in [0.2, 0.25) is 0 Å². The highest BCUT2D eigenvalue weighted by molar-refractivity contribution is 5.87. The van der Waals surface area contributed by atoms with E-state index in [1.807, 2.05) is 31.2 Å². The first-order valence-corrected chi connectivity index (χ1v) is 8.59. The fraction of sp³-hybridized carbons (Fsp3) is 0.190. The minimum atomic E-state index is -0.726. The van der Waals surface area contributed by atoms with Crippen molar-refractivity contribution in [2.45, 2.75) is 20.0 Å². The monoisotopic (exact) mass is 382 g/mol. The van der Waals surface area contributed by atoms with Crippen molar-refractivity contribution in [2.75, 3.05) is 7.11 Å². The van der Waals surface area contributed by atoms with E-state index in [1.165, 1.54) is 31.4 Å². The first-order valence-electron chi connectivity index (χ1n) is 8.59. The highest BCUT2D eigenvalue weighted by Gasteiger charge is 2.18. The van der Waals surface area contributed by atoms with Gasteiger partial charge in [-0.2, -0.15) is 0 Å². The van der Waals surface area contributed by atoms with Crippen molar-refractivity contribution in [3.8, 4) is 17.2 Å². The molecule has 0 saturated heterocycles. The number of ether oxygens (including phenoxy) is 2. The second-order valence-corrected chi connectivity index (χ2v) is 6.12. The van der Waals surface area contributed by atoms with E-state index in [-0.39, 0.29) is 11.6 Å². The number of methoxy groups -OCH3 is 1. The highest BCUT2D eigenvalue weighted by atomic mass is 19.1. The number of hydrogen-bond acceptors (Lipinski definition) is 6. The van der Waals surface area contributed by atoms with Crippen LogP contribution in [-0.2, 0) is 9.53 Å². The van der Waals surface area contributed by atoms with Gasteiger partial charge >= 0.3 is 5.97 Å². The van der Waals surface area contributed by atoms with Gasteiger partial charge in [-0.25, -0.2) is 9.18 Å². The average molecular weight is 382 g/mol. The van der Waals surface area contributed by atoms with Crippen molar-refractivity contribution >= 4 is 12.0 Å². The molecule has 0 bridgehead atoms. The molecular weight excluding hydrogens is 363 g/mol. The summed E-state index contributed by atoms with van der Waals surface area (Å²) in [6, 6.07) is 12.0. The van der Waals surface area contributed by atoms with Crippen molar-refractivity contribution in [3.05, 3.63) is 71.4 Å².